The van der Waals surface area contributed by atoms with Gasteiger partial charge in [-0.2, -0.15) is 0 Å². The first-order valence-corrected chi connectivity index (χ1v) is 8.80. The first-order chi connectivity index (χ1) is 12.0. The Labute approximate surface area is 158 Å². The molecule has 0 bridgehead atoms. The summed E-state index contributed by atoms with van der Waals surface area (Å²) in [5.74, 6) is -0.690. The van der Waals surface area contributed by atoms with Crippen molar-refractivity contribution in [3.63, 3.8) is 0 Å². The van der Waals surface area contributed by atoms with Gasteiger partial charge in [-0.25, -0.2) is 4.79 Å². The number of halogens is 1. The number of hydrogen-bond acceptors (Lipinski definition) is 5. The van der Waals surface area contributed by atoms with Crippen LogP contribution in [-0.4, -0.2) is 52.8 Å². The maximum atomic E-state index is 12.6. The van der Waals surface area contributed by atoms with E-state index in [0.717, 1.165) is 0 Å². The van der Waals surface area contributed by atoms with Crippen molar-refractivity contribution in [2.24, 2.45) is 5.92 Å². The van der Waals surface area contributed by atoms with E-state index in [-0.39, 0.29) is 17.9 Å². The Bertz CT molecular complexity index is 705. The number of ether oxygens (including phenoxy) is 1. The van der Waals surface area contributed by atoms with Gasteiger partial charge in [0.05, 0.1) is 5.92 Å². The van der Waals surface area contributed by atoms with Crippen LogP contribution in [0.5, 0.6) is 0 Å². The first-order valence-electron chi connectivity index (χ1n) is 8.43. The highest BCUT2D eigenvalue weighted by Gasteiger charge is 2.34. The zero-order valence-corrected chi connectivity index (χ0v) is 16.1. The molecule has 0 saturated carbocycles. The summed E-state index contributed by atoms with van der Waals surface area (Å²) in [5.41, 5.74) is 0.482. The van der Waals surface area contributed by atoms with Gasteiger partial charge in [0.25, 0.3) is 0 Å². The topological polar surface area (TPSA) is 99.1 Å². The number of aryl methyl sites for hydroxylation is 1. The van der Waals surface area contributed by atoms with Crippen LogP contribution >= 0.6 is 11.6 Å². The van der Waals surface area contributed by atoms with Crippen LogP contribution in [0.25, 0.3) is 0 Å². The van der Waals surface area contributed by atoms with Crippen LogP contribution < -0.4 is 10.8 Å². The number of carbonyl (C=O) groups is 2. The van der Waals surface area contributed by atoms with E-state index >= 15 is 0 Å². The summed E-state index contributed by atoms with van der Waals surface area (Å²) < 4.78 is 5.33. The summed E-state index contributed by atoms with van der Waals surface area (Å²) >= 11 is 5.94. The zero-order chi connectivity index (χ0) is 19.6. The van der Waals surface area contributed by atoms with Gasteiger partial charge in [-0.1, -0.05) is 11.6 Å². The lowest BCUT2D eigenvalue weighted by Gasteiger charge is -2.24. The minimum atomic E-state index is -1.76. The maximum Gasteiger partial charge on any atom is 0.490 e. The molecule has 1 aromatic rings. The molecule has 2 amide bonds. The molecule has 1 unspecified atom stereocenters. The van der Waals surface area contributed by atoms with Crippen LogP contribution in [0.4, 0.5) is 10.5 Å². The number of likely N-dealkylation sites (tertiary alicyclic amines) is 1. The molecular weight excluding hydrogens is 358 g/mol. The van der Waals surface area contributed by atoms with E-state index in [1.54, 1.807) is 33.8 Å². The van der Waals surface area contributed by atoms with Crippen molar-refractivity contribution in [1.82, 2.24) is 4.90 Å². The number of amides is 2. The number of hydrogen-bond donors (Lipinski definition) is 3. The zero-order valence-electron chi connectivity index (χ0n) is 15.4. The van der Waals surface area contributed by atoms with Crippen molar-refractivity contribution in [3.8, 4) is 0 Å². The quantitative estimate of drug-likeness (QED) is 0.689. The Kier molecular flexibility index (Phi) is 6.21. The van der Waals surface area contributed by atoms with E-state index in [4.69, 9.17) is 16.3 Å². The van der Waals surface area contributed by atoms with Crippen molar-refractivity contribution in [1.29, 1.82) is 0 Å². The second-order valence-electron chi connectivity index (χ2n) is 7.46. The van der Waals surface area contributed by atoms with Crippen molar-refractivity contribution in [2.45, 2.75) is 39.7 Å². The molecule has 2 rings (SSSR count). The molecule has 3 N–H and O–H groups in total. The van der Waals surface area contributed by atoms with E-state index < -0.39 is 24.7 Å². The van der Waals surface area contributed by atoms with Gasteiger partial charge in [0.15, 0.2) is 0 Å². The molecule has 1 aliphatic rings. The fourth-order valence-electron chi connectivity index (χ4n) is 2.84. The molecule has 0 spiro atoms. The third-order valence-corrected chi connectivity index (χ3v) is 4.29. The molecule has 1 heterocycles. The molecule has 1 aliphatic heterocycles. The number of rotatable bonds is 3. The summed E-state index contributed by atoms with van der Waals surface area (Å²) in [6.45, 7) is 7.77. The summed E-state index contributed by atoms with van der Waals surface area (Å²) in [6.07, 6.45) is 0.0660. The SMILES string of the molecule is Cc1cc(Cl)cc(B(O)O)c1NC(=O)C1CCN(C(=O)OC(C)(C)C)C1. The fraction of sp³-hybridized carbons (Fsp3) is 0.529. The molecule has 7 nitrogen and oxygen atoms in total. The van der Waals surface area contributed by atoms with Crippen molar-refractivity contribution >= 4 is 41.9 Å². The van der Waals surface area contributed by atoms with Crippen molar-refractivity contribution in [2.75, 3.05) is 18.4 Å². The Morgan fingerprint density at radius 3 is 2.58 bits per heavy atom. The summed E-state index contributed by atoms with van der Waals surface area (Å²) in [5, 5.41) is 22.2. The Morgan fingerprint density at radius 2 is 2.00 bits per heavy atom. The van der Waals surface area contributed by atoms with E-state index in [9.17, 15) is 19.6 Å². The smallest absolute Gasteiger partial charge is 0.444 e. The van der Waals surface area contributed by atoms with Crippen molar-refractivity contribution in [3.05, 3.63) is 22.7 Å². The Hall–Kier alpha value is -1.77. The molecule has 1 fully saturated rings. The molecule has 1 atom stereocenters. The highest BCUT2D eigenvalue weighted by atomic mass is 35.5. The van der Waals surface area contributed by atoms with E-state index in [0.29, 0.717) is 29.2 Å². The van der Waals surface area contributed by atoms with E-state index in [1.165, 1.54) is 11.0 Å². The maximum absolute atomic E-state index is 12.6. The van der Waals surface area contributed by atoms with Crippen LogP contribution in [0, 0.1) is 12.8 Å². The fourth-order valence-corrected chi connectivity index (χ4v) is 3.12. The largest absolute Gasteiger partial charge is 0.490 e. The number of anilines is 1. The molecule has 26 heavy (non-hydrogen) atoms. The molecule has 0 aromatic heterocycles. The molecule has 0 aliphatic carbocycles. The van der Waals surface area contributed by atoms with Gasteiger partial charge in [-0.15, -0.1) is 0 Å². The lowest BCUT2D eigenvalue weighted by Crippen LogP contribution is -2.38. The van der Waals surface area contributed by atoms with Gasteiger partial charge in [-0.3, -0.25) is 4.79 Å². The lowest BCUT2D eigenvalue weighted by atomic mass is 9.78. The number of nitrogens with zero attached hydrogens (tertiary/aromatic N) is 1. The summed E-state index contributed by atoms with van der Waals surface area (Å²) in [7, 11) is -1.76. The van der Waals surface area contributed by atoms with Gasteiger partial charge in [0.1, 0.15) is 5.60 Å². The molecule has 142 valence electrons. The summed E-state index contributed by atoms with van der Waals surface area (Å²) in [4.78, 5) is 26.2. The first kappa shape index (κ1) is 20.5. The van der Waals surface area contributed by atoms with Gasteiger partial charge in [0, 0.05) is 29.3 Å². The van der Waals surface area contributed by atoms with E-state index in [2.05, 4.69) is 5.32 Å². The van der Waals surface area contributed by atoms with Gasteiger partial charge in [0.2, 0.25) is 5.91 Å². The van der Waals surface area contributed by atoms with Crippen LogP contribution in [-0.2, 0) is 9.53 Å². The second-order valence-corrected chi connectivity index (χ2v) is 7.90. The molecule has 9 heteroatoms. The monoisotopic (exact) mass is 382 g/mol. The average molecular weight is 383 g/mol. The minimum absolute atomic E-state index is 0.130. The predicted molar refractivity (Wildman–Crippen MR) is 101 cm³/mol. The molecule has 0 radical (unpaired) electrons. The van der Waals surface area contributed by atoms with Crippen LogP contribution in [0.2, 0.25) is 5.02 Å². The lowest BCUT2D eigenvalue weighted by molar-refractivity contribution is -0.119. The number of benzene rings is 1. The van der Waals surface area contributed by atoms with Crippen molar-refractivity contribution < 1.29 is 24.4 Å². The number of nitrogens with one attached hydrogen (secondary N) is 1. The predicted octanol–water partition coefficient (Wildman–Crippen LogP) is 1.52. The third kappa shape index (κ3) is 5.12. The molecule has 1 aromatic carbocycles. The highest BCUT2D eigenvalue weighted by molar-refractivity contribution is 6.61. The van der Waals surface area contributed by atoms with Crippen LogP contribution in [0.1, 0.15) is 32.8 Å². The third-order valence-electron chi connectivity index (χ3n) is 4.07. The Balaban J connectivity index is 2.07. The van der Waals surface area contributed by atoms with Gasteiger partial charge < -0.3 is 25.0 Å². The van der Waals surface area contributed by atoms with Crippen LogP contribution in [0.3, 0.4) is 0 Å². The normalized spacial score (nSPS) is 17.2. The standard InChI is InChI=1S/C17H24BClN2O5/c1-10-7-12(19)8-13(18(24)25)14(10)20-15(22)11-5-6-21(9-11)16(23)26-17(2,3)4/h7-8,11,24-25H,5-6,9H2,1-4H3,(H,20,22). The Morgan fingerprint density at radius 1 is 1.35 bits per heavy atom. The van der Waals surface area contributed by atoms with Gasteiger partial charge in [-0.05, 0) is 51.8 Å². The molecular formula is C17H24BClN2O5. The average Bonchev–Trinajstić information content (AvgIpc) is 2.97. The molecule has 1 saturated heterocycles. The minimum Gasteiger partial charge on any atom is -0.444 e. The van der Waals surface area contributed by atoms with Gasteiger partial charge >= 0.3 is 13.2 Å². The number of carbonyl (C=O) groups excluding carboxylic acids is 2. The van der Waals surface area contributed by atoms with E-state index in [1.807, 2.05) is 0 Å². The van der Waals surface area contributed by atoms with Crippen LogP contribution in [0.15, 0.2) is 12.1 Å². The second kappa shape index (κ2) is 7.86. The summed E-state index contributed by atoms with van der Waals surface area (Å²) in [6, 6.07) is 3.03. The highest BCUT2D eigenvalue weighted by Crippen LogP contribution is 2.23.